The molecule has 0 saturated carbocycles. The fourth-order valence-corrected chi connectivity index (χ4v) is 2.41. The number of methoxy groups -OCH3 is 1. The lowest BCUT2D eigenvalue weighted by atomic mass is 9.97. The Labute approximate surface area is 104 Å². The number of nitrogens with zero attached hydrogens (tertiary/aromatic N) is 1. The number of benzene rings is 1. The minimum atomic E-state index is 0.742. The number of rotatable bonds is 4. The third-order valence-electron chi connectivity index (χ3n) is 3.68. The number of hydrogen-bond acceptors (Lipinski definition) is 3. The highest BCUT2D eigenvalue weighted by atomic mass is 16.5. The first-order valence-corrected chi connectivity index (χ1v) is 6.26. The lowest BCUT2D eigenvalue weighted by Crippen LogP contribution is -2.29. The quantitative estimate of drug-likeness (QED) is 0.862. The number of anilines is 1. The average molecular weight is 234 g/mol. The van der Waals surface area contributed by atoms with E-state index in [2.05, 4.69) is 36.3 Å². The van der Waals surface area contributed by atoms with E-state index in [-0.39, 0.29) is 0 Å². The highest BCUT2D eigenvalue weighted by Crippen LogP contribution is 2.23. The largest absolute Gasteiger partial charge is 0.497 e. The molecule has 1 heterocycles. The summed E-state index contributed by atoms with van der Waals surface area (Å²) in [6, 6.07) is 8.25. The highest BCUT2D eigenvalue weighted by molar-refractivity contribution is 5.50. The van der Waals surface area contributed by atoms with Gasteiger partial charge in [0.2, 0.25) is 0 Å². The Kier molecular flexibility index (Phi) is 3.89. The van der Waals surface area contributed by atoms with Crippen LogP contribution in [0.15, 0.2) is 24.3 Å². The molecule has 3 heteroatoms. The Morgan fingerprint density at radius 1 is 1.41 bits per heavy atom. The molecular formula is C14H22N2O. The van der Waals surface area contributed by atoms with Gasteiger partial charge in [-0.3, -0.25) is 0 Å². The summed E-state index contributed by atoms with van der Waals surface area (Å²) in [4.78, 5) is 2.32. The maximum absolute atomic E-state index is 5.26. The topological polar surface area (TPSA) is 24.5 Å². The van der Waals surface area contributed by atoms with Crippen LogP contribution in [0.25, 0.3) is 0 Å². The molecule has 1 N–H and O–H groups in total. The molecule has 0 amide bonds. The molecule has 1 fully saturated rings. The van der Waals surface area contributed by atoms with Crippen molar-refractivity contribution < 1.29 is 4.74 Å². The van der Waals surface area contributed by atoms with Crippen LogP contribution in [0.4, 0.5) is 5.69 Å². The van der Waals surface area contributed by atoms with Crippen LogP contribution in [0.2, 0.25) is 0 Å². The van der Waals surface area contributed by atoms with E-state index >= 15 is 0 Å². The second-order valence-corrected chi connectivity index (χ2v) is 4.98. The summed E-state index contributed by atoms with van der Waals surface area (Å²) < 4.78 is 5.26. The standard InChI is InChI=1S/C14H22N2O/c1-11-8-15-9-12(11)10-16(2)13-5-4-6-14(7-13)17-3/h4-7,11-12,15H,8-10H2,1-3H3. The van der Waals surface area contributed by atoms with Crippen molar-refractivity contribution in [2.75, 3.05) is 38.7 Å². The van der Waals surface area contributed by atoms with Crippen molar-refractivity contribution in [1.82, 2.24) is 5.32 Å². The van der Waals surface area contributed by atoms with Crippen molar-refractivity contribution in [1.29, 1.82) is 0 Å². The molecule has 2 rings (SSSR count). The summed E-state index contributed by atoms with van der Waals surface area (Å²) in [7, 11) is 3.86. The summed E-state index contributed by atoms with van der Waals surface area (Å²) in [5, 5.41) is 3.45. The van der Waals surface area contributed by atoms with E-state index < -0.39 is 0 Å². The van der Waals surface area contributed by atoms with E-state index in [4.69, 9.17) is 4.74 Å². The summed E-state index contributed by atoms with van der Waals surface area (Å²) >= 11 is 0. The van der Waals surface area contributed by atoms with Gasteiger partial charge in [-0.1, -0.05) is 13.0 Å². The Bertz CT molecular complexity index is 367. The summed E-state index contributed by atoms with van der Waals surface area (Å²) in [5.74, 6) is 2.43. The summed E-state index contributed by atoms with van der Waals surface area (Å²) in [6.45, 7) is 5.71. The van der Waals surface area contributed by atoms with Crippen LogP contribution < -0.4 is 15.0 Å². The van der Waals surface area contributed by atoms with Gasteiger partial charge in [0.1, 0.15) is 5.75 Å². The molecule has 94 valence electrons. The molecule has 1 aromatic carbocycles. The third kappa shape index (κ3) is 2.91. The van der Waals surface area contributed by atoms with E-state index in [9.17, 15) is 0 Å². The molecule has 2 atom stereocenters. The van der Waals surface area contributed by atoms with E-state index in [0.29, 0.717) is 0 Å². The first-order valence-electron chi connectivity index (χ1n) is 6.26. The Balaban J connectivity index is 2.00. The Morgan fingerprint density at radius 2 is 2.24 bits per heavy atom. The molecule has 0 bridgehead atoms. The molecular weight excluding hydrogens is 212 g/mol. The minimum Gasteiger partial charge on any atom is -0.497 e. The third-order valence-corrected chi connectivity index (χ3v) is 3.68. The first kappa shape index (κ1) is 12.2. The van der Waals surface area contributed by atoms with Crippen LogP contribution in [-0.4, -0.2) is 33.8 Å². The van der Waals surface area contributed by atoms with Gasteiger partial charge in [0.25, 0.3) is 0 Å². The fraction of sp³-hybridized carbons (Fsp3) is 0.571. The van der Waals surface area contributed by atoms with E-state index in [1.165, 1.54) is 5.69 Å². The smallest absolute Gasteiger partial charge is 0.120 e. The van der Waals surface area contributed by atoms with Gasteiger partial charge in [0.05, 0.1) is 7.11 Å². The molecule has 0 aliphatic carbocycles. The normalized spacial score (nSPS) is 23.7. The average Bonchev–Trinajstić information content (AvgIpc) is 2.75. The first-order chi connectivity index (χ1) is 8.20. The van der Waals surface area contributed by atoms with Gasteiger partial charge in [-0.15, -0.1) is 0 Å². The summed E-state index contributed by atoms with van der Waals surface area (Å²) in [6.07, 6.45) is 0. The van der Waals surface area contributed by atoms with Gasteiger partial charge >= 0.3 is 0 Å². The van der Waals surface area contributed by atoms with E-state index in [1.54, 1.807) is 7.11 Å². The molecule has 1 aliphatic heterocycles. The highest BCUT2D eigenvalue weighted by Gasteiger charge is 2.24. The van der Waals surface area contributed by atoms with Crippen LogP contribution in [0.5, 0.6) is 5.75 Å². The molecule has 0 radical (unpaired) electrons. The zero-order chi connectivity index (χ0) is 12.3. The van der Waals surface area contributed by atoms with E-state index in [0.717, 1.165) is 37.2 Å². The van der Waals surface area contributed by atoms with Crippen molar-refractivity contribution in [2.24, 2.45) is 11.8 Å². The van der Waals surface area contributed by atoms with Crippen LogP contribution in [0, 0.1) is 11.8 Å². The van der Waals surface area contributed by atoms with Crippen LogP contribution in [-0.2, 0) is 0 Å². The Morgan fingerprint density at radius 3 is 2.88 bits per heavy atom. The van der Waals surface area contributed by atoms with Crippen molar-refractivity contribution in [2.45, 2.75) is 6.92 Å². The molecule has 0 spiro atoms. The number of ether oxygens (including phenoxy) is 1. The van der Waals surface area contributed by atoms with Gasteiger partial charge in [-0.25, -0.2) is 0 Å². The zero-order valence-corrected chi connectivity index (χ0v) is 10.9. The van der Waals surface area contributed by atoms with Gasteiger partial charge in [0.15, 0.2) is 0 Å². The lowest BCUT2D eigenvalue weighted by Gasteiger charge is -2.25. The lowest BCUT2D eigenvalue weighted by molar-refractivity contribution is 0.414. The minimum absolute atomic E-state index is 0.742. The fourth-order valence-electron chi connectivity index (χ4n) is 2.41. The second kappa shape index (κ2) is 5.41. The molecule has 2 unspecified atom stereocenters. The second-order valence-electron chi connectivity index (χ2n) is 4.98. The maximum Gasteiger partial charge on any atom is 0.120 e. The van der Waals surface area contributed by atoms with Crippen molar-refractivity contribution in [3.8, 4) is 5.75 Å². The molecule has 3 nitrogen and oxygen atoms in total. The van der Waals surface area contributed by atoms with Crippen LogP contribution in [0.1, 0.15) is 6.92 Å². The zero-order valence-electron chi connectivity index (χ0n) is 10.9. The number of nitrogens with one attached hydrogen (secondary N) is 1. The molecule has 1 aromatic rings. The van der Waals surface area contributed by atoms with E-state index in [1.807, 2.05) is 12.1 Å². The number of hydrogen-bond donors (Lipinski definition) is 1. The van der Waals surface area contributed by atoms with Gasteiger partial charge in [-0.05, 0) is 37.1 Å². The SMILES string of the molecule is COc1cccc(N(C)CC2CNCC2C)c1. The maximum atomic E-state index is 5.26. The van der Waals surface area contributed by atoms with Crippen molar-refractivity contribution in [3.05, 3.63) is 24.3 Å². The van der Waals surface area contributed by atoms with Crippen LogP contribution in [0.3, 0.4) is 0 Å². The molecule has 1 saturated heterocycles. The predicted octanol–water partition coefficient (Wildman–Crippen LogP) is 1.99. The molecule has 1 aliphatic rings. The van der Waals surface area contributed by atoms with Crippen molar-refractivity contribution in [3.63, 3.8) is 0 Å². The van der Waals surface area contributed by atoms with Crippen molar-refractivity contribution >= 4 is 5.69 Å². The monoisotopic (exact) mass is 234 g/mol. The molecule has 0 aromatic heterocycles. The van der Waals surface area contributed by atoms with Gasteiger partial charge in [-0.2, -0.15) is 0 Å². The van der Waals surface area contributed by atoms with Gasteiger partial charge in [0, 0.05) is 25.3 Å². The van der Waals surface area contributed by atoms with Gasteiger partial charge < -0.3 is 15.0 Å². The Hall–Kier alpha value is -1.22. The van der Waals surface area contributed by atoms with Crippen LogP contribution >= 0.6 is 0 Å². The molecule has 17 heavy (non-hydrogen) atoms. The summed E-state index contributed by atoms with van der Waals surface area (Å²) in [5.41, 5.74) is 1.23. The predicted molar refractivity (Wildman–Crippen MR) is 71.8 cm³/mol.